The summed E-state index contributed by atoms with van der Waals surface area (Å²) in [4.78, 5) is 4.18. The van der Waals surface area contributed by atoms with E-state index in [0.717, 1.165) is 5.82 Å². The molecule has 19 heavy (non-hydrogen) atoms. The minimum absolute atomic E-state index is 0.119. The Morgan fingerprint density at radius 1 is 1.37 bits per heavy atom. The second-order valence-electron chi connectivity index (χ2n) is 4.21. The van der Waals surface area contributed by atoms with Crippen molar-refractivity contribution in [2.75, 3.05) is 6.79 Å². The van der Waals surface area contributed by atoms with Crippen LogP contribution >= 0.6 is 0 Å². The maximum atomic E-state index is 9.36. The maximum absolute atomic E-state index is 9.36. The van der Waals surface area contributed by atoms with Crippen LogP contribution in [0.15, 0.2) is 24.5 Å². The number of imidazole rings is 1. The van der Waals surface area contributed by atoms with E-state index in [4.69, 9.17) is 14.2 Å². The van der Waals surface area contributed by atoms with Gasteiger partial charge in [0.25, 0.3) is 0 Å². The van der Waals surface area contributed by atoms with Gasteiger partial charge in [-0.05, 0) is 6.07 Å². The third-order valence-corrected chi connectivity index (χ3v) is 3.00. The van der Waals surface area contributed by atoms with Gasteiger partial charge in [0.1, 0.15) is 18.2 Å². The maximum Gasteiger partial charge on any atom is 0.231 e. The molecule has 3 rings (SSSR count). The molecule has 0 radical (unpaired) electrons. The molecular formula is C13H14N2O4. The monoisotopic (exact) mass is 262 g/mol. The quantitative estimate of drug-likeness (QED) is 0.897. The molecule has 0 atom stereocenters. The Hall–Kier alpha value is -2.21. The Kier molecular flexibility index (Phi) is 3.00. The third-order valence-electron chi connectivity index (χ3n) is 3.00. The van der Waals surface area contributed by atoms with Gasteiger partial charge in [-0.25, -0.2) is 4.98 Å². The Balaban J connectivity index is 1.82. The fraction of sp³-hybridized carbons (Fsp3) is 0.308. The van der Waals surface area contributed by atoms with Gasteiger partial charge in [-0.1, -0.05) is 0 Å². The summed E-state index contributed by atoms with van der Waals surface area (Å²) in [6.07, 6.45) is 3.57. The number of fused-ring (bicyclic) bond motifs is 1. The van der Waals surface area contributed by atoms with Gasteiger partial charge < -0.3 is 23.9 Å². The molecule has 2 aromatic rings. The highest BCUT2D eigenvalue weighted by atomic mass is 16.7. The highest BCUT2D eigenvalue weighted by molar-refractivity contribution is 5.51. The number of aryl methyl sites for hydroxylation is 1. The summed E-state index contributed by atoms with van der Waals surface area (Å²) in [5.41, 5.74) is 0.665. The SMILES string of the molecule is Cn1ccnc1COc1cc2c(cc1CO)OCO2. The van der Waals surface area contributed by atoms with Gasteiger partial charge in [0.05, 0.1) is 6.61 Å². The highest BCUT2D eigenvalue weighted by Crippen LogP contribution is 2.38. The average molecular weight is 262 g/mol. The molecular weight excluding hydrogens is 248 g/mol. The molecule has 6 nitrogen and oxygen atoms in total. The van der Waals surface area contributed by atoms with Crippen LogP contribution in [0.5, 0.6) is 17.2 Å². The first-order chi connectivity index (χ1) is 9.28. The molecule has 0 aliphatic carbocycles. The minimum atomic E-state index is -0.119. The number of aromatic nitrogens is 2. The number of nitrogens with zero attached hydrogens (tertiary/aromatic N) is 2. The molecule has 1 aliphatic rings. The minimum Gasteiger partial charge on any atom is -0.485 e. The molecule has 1 aromatic heterocycles. The van der Waals surface area contributed by atoms with Gasteiger partial charge in [-0.2, -0.15) is 0 Å². The summed E-state index contributed by atoms with van der Waals surface area (Å²) in [5.74, 6) is 2.65. The summed E-state index contributed by atoms with van der Waals surface area (Å²) in [6.45, 7) is 0.408. The second-order valence-corrected chi connectivity index (χ2v) is 4.21. The molecule has 100 valence electrons. The van der Waals surface area contributed by atoms with Crippen molar-refractivity contribution in [1.82, 2.24) is 9.55 Å². The summed E-state index contributed by atoms with van der Waals surface area (Å²) < 4.78 is 18.1. The van der Waals surface area contributed by atoms with E-state index in [1.807, 2.05) is 17.8 Å². The lowest BCUT2D eigenvalue weighted by Crippen LogP contribution is -2.04. The zero-order valence-corrected chi connectivity index (χ0v) is 10.5. The van der Waals surface area contributed by atoms with Crippen LogP contribution < -0.4 is 14.2 Å². The van der Waals surface area contributed by atoms with Crippen LogP contribution in [0.1, 0.15) is 11.4 Å². The van der Waals surface area contributed by atoms with Crippen molar-refractivity contribution in [2.45, 2.75) is 13.2 Å². The van der Waals surface area contributed by atoms with E-state index in [1.165, 1.54) is 0 Å². The van der Waals surface area contributed by atoms with Crippen molar-refractivity contribution in [2.24, 2.45) is 7.05 Å². The molecule has 0 bridgehead atoms. The van der Waals surface area contributed by atoms with E-state index >= 15 is 0 Å². The van der Waals surface area contributed by atoms with Crippen molar-refractivity contribution in [1.29, 1.82) is 0 Å². The van der Waals surface area contributed by atoms with Crippen LogP contribution in [0, 0.1) is 0 Å². The van der Waals surface area contributed by atoms with Crippen LogP contribution in [0.3, 0.4) is 0 Å². The van der Waals surface area contributed by atoms with E-state index < -0.39 is 0 Å². The first kappa shape index (κ1) is 11.9. The van der Waals surface area contributed by atoms with Crippen LogP contribution in [-0.2, 0) is 20.3 Å². The first-order valence-corrected chi connectivity index (χ1v) is 5.90. The Bertz CT molecular complexity index is 594. The van der Waals surface area contributed by atoms with E-state index in [1.54, 1.807) is 18.3 Å². The topological polar surface area (TPSA) is 65.7 Å². The van der Waals surface area contributed by atoms with Gasteiger partial charge in [0, 0.05) is 31.1 Å². The molecule has 1 aromatic carbocycles. The zero-order valence-electron chi connectivity index (χ0n) is 10.5. The van der Waals surface area contributed by atoms with Crippen LogP contribution in [0.4, 0.5) is 0 Å². The average Bonchev–Trinajstić information content (AvgIpc) is 3.03. The summed E-state index contributed by atoms with van der Waals surface area (Å²) >= 11 is 0. The smallest absolute Gasteiger partial charge is 0.231 e. The third kappa shape index (κ3) is 2.22. The van der Waals surface area contributed by atoms with Crippen molar-refractivity contribution < 1.29 is 19.3 Å². The number of hydrogen-bond acceptors (Lipinski definition) is 5. The number of hydrogen-bond donors (Lipinski definition) is 1. The van der Waals surface area contributed by atoms with E-state index in [0.29, 0.717) is 29.4 Å². The van der Waals surface area contributed by atoms with Crippen molar-refractivity contribution >= 4 is 0 Å². The first-order valence-electron chi connectivity index (χ1n) is 5.90. The molecule has 0 amide bonds. The second kappa shape index (κ2) is 4.81. The van der Waals surface area contributed by atoms with Gasteiger partial charge in [-0.15, -0.1) is 0 Å². The number of benzene rings is 1. The van der Waals surface area contributed by atoms with Crippen molar-refractivity contribution in [3.8, 4) is 17.2 Å². The summed E-state index contributed by atoms with van der Waals surface area (Å²) in [5, 5.41) is 9.36. The number of ether oxygens (including phenoxy) is 3. The predicted molar refractivity (Wildman–Crippen MR) is 66.0 cm³/mol. The molecule has 0 saturated heterocycles. The molecule has 0 saturated carbocycles. The molecule has 1 aliphatic heterocycles. The molecule has 0 fully saturated rings. The number of rotatable bonds is 4. The zero-order chi connectivity index (χ0) is 13.2. The fourth-order valence-electron chi connectivity index (χ4n) is 1.90. The lowest BCUT2D eigenvalue weighted by atomic mass is 10.2. The molecule has 0 unspecified atom stereocenters. The van der Waals surface area contributed by atoms with Crippen LogP contribution in [0.25, 0.3) is 0 Å². The molecule has 0 spiro atoms. The lowest BCUT2D eigenvalue weighted by molar-refractivity contribution is 0.173. The standard InChI is InChI=1S/C13H14N2O4/c1-15-3-2-14-13(15)7-17-10-5-12-11(18-8-19-12)4-9(10)6-16/h2-5,16H,6-8H2,1H3. The fourth-order valence-corrected chi connectivity index (χ4v) is 1.90. The Morgan fingerprint density at radius 2 is 2.16 bits per heavy atom. The van der Waals surface area contributed by atoms with Crippen LogP contribution in [0.2, 0.25) is 0 Å². The van der Waals surface area contributed by atoms with Gasteiger partial charge in [-0.3, -0.25) is 0 Å². The Morgan fingerprint density at radius 3 is 2.84 bits per heavy atom. The lowest BCUT2D eigenvalue weighted by Gasteiger charge is -2.11. The largest absolute Gasteiger partial charge is 0.485 e. The molecule has 1 N–H and O–H groups in total. The predicted octanol–water partition coefficient (Wildman–Crippen LogP) is 1.22. The van der Waals surface area contributed by atoms with Gasteiger partial charge in [0.15, 0.2) is 11.5 Å². The van der Waals surface area contributed by atoms with Crippen molar-refractivity contribution in [3.05, 3.63) is 35.9 Å². The normalized spacial score (nSPS) is 12.7. The van der Waals surface area contributed by atoms with Gasteiger partial charge >= 0.3 is 0 Å². The van der Waals surface area contributed by atoms with Gasteiger partial charge in [0.2, 0.25) is 6.79 Å². The van der Waals surface area contributed by atoms with Crippen LogP contribution in [-0.4, -0.2) is 21.5 Å². The summed E-state index contributed by atoms with van der Waals surface area (Å²) in [6, 6.07) is 3.47. The number of aliphatic hydroxyl groups excluding tert-OH is 1. The van der Waals surface area contributed by atoms with E-state index in [-0.39, 0.29) is 13.4 Å². The molecule has 2 heterocycles. The number of aliphatic hydroxyl groups is 1. The molecule has 6 heteroatoms. The Labute approximate surface area is 110 Å². The van der Waals surface area contributed by atoms with Crippen molar-refractivity contribution in [3.63, 3.8) is 0 Å². The summed E-state index contributed by atoms with van der Waals surface area (Å²) in [7, 11) is 1.90. The highest BCUT2D eigenvalue weighted by Gasteiger charge is 2.18. The van der Waals surface area contributed by atoms with E-state index in [2.05, 4.69) is 4.98 Å². The van der Waals surface area contributed by atoms with E-state index in [9.17, 15) is 5.11 Å².